The van der Waals surface area contributed by atoms with Crippen molar-refractivity contribution < 1.29 is 32.6 Å². The lowest BCUT2D eigenvalue weighted by Gasteiger charge is -2.11. The molecule has 0 bridgehead atoms. The quantitative estimate of drug-likeness (QED) is 0.203. The van der Waals surface area contributed by atoms with Crippen molar-refractivity contribution in [1.29, 1.82) is 0 Å². The molecular weight excluding hydrogens is 390 g/mol. The lowest BCUT2D eigenvalue weighted by atomic mass is 9.94. The van der Waals surface area contributed by atoms with Crippen molar-refractivity contribution in [3.05, 3.63) is 87.6 Å². The van der Waals surface area contributed by atoms with Gasteiger partial charge in [0.15, 0.2) is 29.1 Å². The number of nitrogens with zero attached hydrogens (tertiary/aromatic N) is 1. The number of ketones is 1. The number of rotatable bonds is 0. The number of aromatic hydroxyl groups is 1. The number of halogens is 4. The zero-order chi connectivity index (χ0) is 20.6. The first-order chi connectivity index (χ1) is 13.8. The van der Waals surface area contributed by atoms with Gasteiger partial charge in [-0.1, -0.05) is 18.2 Å². The van der Waals surface area contributed by atoms with Crippen LogP contribution in [0.3, 0.4) is 0 Å². The molecule has 1 unspecified atom stereocenters. The second-order valence-electron chi connectivity index (χ2n) is 6.66. The SMILES string of the molecule is O=C1/C(=C2\c3cccnc3-c3c(O)cccc32)C(O)c2c(F)c(F)c(F)c(F)c21. The molecule has 0 fully saturated rings. The van der Waals surface area contributed by atoms with Crippen molar-refractivity contribution in [1.82, 2.24) is 4.98 Å². The number of fused-ring (bicyclic) bond motifs is 4. The maximum absolute atomic E-state index is 14.3. The number of carbonyl (C=O) groups excluding carboxylic acids is 1. The number of aromatic nitrogens is 1. The molecule has 0 radical (unpaired) electrons. The van der Waals surface area contributed by atoms with E-state index in [1.54, 1.807) is 12.1 Å². The Morgan fingerprint density at radius 2 is 1.55 bits per heavy atom. The summed E-state index contributed by atoms with van der Waals surface area (Å²) in [6.45, 7) is 0. The molecule has 0 saturated carbocycles. The summed E-state index contributed by atoms with van der Waals surface area (Å²) in [5, 5.41) is 20.9. The van der Waals surface area contributed by atoms with E-state index in [4.69, 9.17) is 0 Å². The van der Waals surface area contributed by atoms with Crippen molar-refractivity contribution in [3.63, 3.8) is 0 Å². The molecule has 1 aromatic heterocycles. The molecule has 0 aliphatic heterocycles. The standard InChI is InChI=1S/C21H9F4NO3/c22-15-12-13(16(23)18(25)17(15)24)21(29)14(20(12)28)10-7-3-1-5-9(27)11(7)19-8(10)4-2-6-26-19/h1-6,20,27-28H/b14-10-. The van der Waals surface area contributed by atoms with Crippen molar-refractivity contribution in [3.8, 4) is 17.0 Å². The highest BCUT2D eigenvalue weighted by Crippen LogP contribution is 2.52. The lowest BCUT2D eigenvalue weighted by Crippen LogP contribution is -2.07. The van der Waals surface area contributed by atoms with Gasteiger partial charge in [0.1, 0.15) is 11.9 Å². The molecule has 0 saturated heterocycles. The number of aliphatic hydroxyl groups is 1. The normalized spacial score (nSPS) is 19.3. The van der Waals surface area contributed by atoms with Crippen LogP contribution in [-0.2, 0) is 0 Å². The van der Waals surface area contributed by atoms with Gasteiger partial charge < -0.3 is 10.2 Å². The van der Waals surface area contributed by atoms with E-state index >= 15 is 0 Å². The van der Waals surface area contributed by atoms with Gasteiger partial charge in [-0.2, -0.15) is 0 Å². The molecule has 5 rings (SSSR count). The van der Waals surface area contributed by atoms with E-state index in [0.29, 0.717) is 16.8 Å². The first-order valence-electron chi connectivity index (χ1n) is 8.45. The Labute approximate surface area is 160 Å². The fourth-order valence-corrected chi connectivity index (χ4v) is 4.02. The minimum absolute atomic E-state index is 0.0901. The van der Waals surface area contributed by atoms with Crippen molar-refractivity contribution >= 4 is 11.4 Å². The van der Waals surface area contributed by atoms with Crippen LogP contribution in [0.1, 0.15) is 33.2 Å². The van der Waals surface area contributed by atoms with E-state index in [1.165, 1.54) is 24.4 Å². The Morgan fingerprint density at radius 3 is 2.31 bits per heavy atom. The highest BCUT2D eigenvalue weighted by Gasteiger charge is 2.45. The summed E-state index contributed by atoms with van der Waals surface area (Å²) in [6, 6.07) is 7.52. The third-order valence-corrected chi connectivity index (χ3v) is 5.22. The summed E-state index contributed by atoms with van der Waals surface area (Å²) in [5.41, 5.74) is -1.13. The summed E-state index contributed by atoms with van der Waals surface area (Å²) < 4.78 is 56.0. The van der Waals surface area contributed by atoms with Gasteiger partial charge in [-0.05, 0) is 17.7 Å². The van der Waals surface area contributed by atoms with Gasteiger partial charge in [0, 0.05) is 28.5 Å². The van der Waals surface area contributed by atoms with Crippen LogP contribution in [0.5, 0.6) is 5.75 Å². The molecule has 144 valence electrons. The highest BCUT2D eigenvalue weighted by molar-refractivity contribution is 6.22. The average Bonchev–Trinajstić information content (AvgIpc) is 3.17. The van der Waals surface area contributed by atoms with Crippen molar-refractivity contribution in [2.45, 2.75) is 6.10 Å². The number of phenolic OH excluding ortho intramolecular Hbond substituents is 1. The first kappa shape index (κ1) is 17.6. The maximum Gasteiger partial charge on any atom is 0.198 e. The zero-order valence-electron chi connectivity index (χ0n) is 14.3. The van der Waals surface area contributed by atoms with E-state index in [9.17, 15) is 32.6 Å². The molecule has 8 heteroatoms. The number of hydrogen-bond donors (Lipinski definition) is 2. The molecule has 0 amide bonds. The van der Waals surface area contributed by atoms with E-state index in [-0.39, 0.29) is 16.9 Å². The van der Waals surface area contributed by atoms with E-state index in [2.05, 4.69) is 4.98 Å². The number of hydrogen-bond acceptors (Lipinski definition) is 4. The van der Waals surface area contributed by atoms with Crippen LogP contribution in [0.4, 0.5) is 17.6 Å². The van der Waals surface area contributed by atoms with Crippen LogP contribution < -0.4 is 0 Å². The number of pyridine rings is 1. The Bertz CT molecular complexity index is 1300. The molecule has 0 spiro atoms. The zero-order valence-corrected chi connectivity index (χ0v) is 14.3. The third-order valence-electron chi connectivity index (χ3n) is 5.22. The second kappa shape index (κ2) is 5.74. The topological polar surface area (TPSA) is 70.4 Å². The van der Waals surface area contributed by atoms with Gasteiger partial charge in [-0.15, -0.1) is 0 Å². The summed E-state index contributed by atoms with van der Waals surface area (Å²) in [6.07, 6.45) is -0.576. The predicted octanol–water partition coefficient (Wildman–Crippen LogP) is 4.06. The number of carbonyl (C=O) groups is 1. The van der Waals surface area contributed by atoms with Gasteiger partial charge in [0.2, 0.25) is 0 Å². The molecule has 2 aliphatic rings. The first-order valence-corrected chi connectivity index (χ1v) is 8.45. The fourth-order valence-electron chi connectivity index (χ4n) is 4.02. The van der Waals surface area contributed by atoms with E-state index in [0.717, 1.165) is 0 Å². The molecule has 2 aliphatic carbocycles. The molecule has 1 atom stereocenters. The molecule has 3 aromatic rings. The van der Waals surface area contributed by atoms with Gasteiger partial charge in [-0.3, -0.25) is 9.78 Å². The van der Waals surface area contributed by atoms with Crippen LogP contribution >= 0.6 is 0 Å². The minimum atomic E-state index is -2.13. The van der Waals surface area contributed by atoms with Gasteiger partial charge in [-0.25, -0.2) is 17.6 Å². The predicted molar refractivity (Wildman–Crippen MR) is 92.9 cm³/mol. The van der Waals surface area contributed by atoms with Gasteiger partial charge in [0.25, 0.3) is 0 Å². The van der Waals surface area contributed by atoms with Crippen LogP contribution in [0, 0.1) is 23.3 Å². The number of aliphatic hydroxyl groups excluding tert-OH is 1. The summed E-state index contributed by atoms with van der Waals surface area (Å²) in [4.78, 5) is 17.1. The number of benzene rings is 2. The van der Waals surface area contributed by atoms with E-state index in [1.807, 2.05) is 0 Å². The summed E-state index contributed by atoms with van der Waals surface area (Å²) in [7, 11) is 0. The average molecular weight is 399 g/mol. The van der Waals surface area contributed by atoms with Crippen LogP contribution in [0.2, 0.25) is 0 Å². The third kappa shape index (κ3) is 2.06. The minimum Gasteiger partial charge on any atom is -0.507 e. The van der Waals surface area contributed by atoms with E-state index < -0.39 is 51.9 Å². The van der Waals surface area contributed by atoms with Crippen LogP contribution in [0.25, 0.3) is 16.8 Å². The summed E-state index contributed by atoms with van der Waals surface area (Å²) >= 11 is 0. The number of phenols is 1. The van der Waals surface area contributed by atoms with Gasteiger partial charge in [0.05, 0.1) is 16.8 Å². The van der Waals surface area contributed by atoms with Crippen LogP contribution in [0.15, 0.2) is 42.1 Å². The molecular formula is C21H9F4NO3. The molecule has 29 heavy (non-hydrogen) atoms. The van der Waals surface area contributed by atoms with Crippen molar-refractivity contribution in [2.75, 3.05) is 0 Å². The lowest BCUT2D eigenvalue weighted by molar-refractivity contribution is 0.101. The molecule has 2 aromatic carbocycles. The number of Topliss-reactive ketones (excluding diaryl/α,β-unsaturated/α-hetero) is 1. The molecule has 2 N–H and O–H groups in total. The Morgan fingerprint density at radius 1 is 0.862 bits per heavy atom. The molecule has 4 nitrogen and oxygen atoms in total. The largest absolute Gasteiger partial charge is 0.507 e. The Hall–Kier alpha value is -3.52. The fraction of sp³-hybridized carbons (Fsp3) is 0.0476. The highest BCUT2D eigenvalue weighted by atomic mass is 19.2. The smallest absolute Gasteiger partial charge is 0.198 e. The maximum atomic E-state index is 14.3. The Kier molecular flexibility index (Phi) is 3.48. The van der Waals surface area contributed by atoms with Crippen LogP contribution in [-0.4, -0.2) is 21.0 Å². The van der Waals surface area contributed by atoms with Crippen molar-refractivity contribution in [2.24, 2.45) is 0 Å². The summed E-state index contributed by atoms with van der Waals surface area (Å²) in [5.74, 6) is -9.23. The monoisotopic (exact) mass is 399 g/mol. The second-order valence-corrected chi connectivity index (χ2v) is 6.66. The molecule has 1 heterocycles. The Balaban J connectivity index is 1.90. The van der Waals surface area contributed by atoms with Gasteiger partial charge >= 0.3 is 0 Å².